The average molecular weight is 241 g/mol. The summed E-state index contributed by atoms with van der Waals surface area (Å²) < 4.78 is 0. The van der Waals surface area contributed by atoms with Crippen molar-refractivity contribution in [1.29, 1.82) is 0 Å². The van der Waals surface area contributed by atoms with Gasteiger partial charge in [0.25, 0.3) is 0 Å². The first-order chi connectivity index (χ1) is 7.97. The first-order valence-corrected chi connectivity index (χ1v) is 6.74. The van der Waals surface area contributed by atoms with E-state index in [0.717, 1.165) is 25.9 Å². The summed E-state index contributed by atoms with van der Waals surface area (Å²) in [5, 5.41) is 0. The molecule has 1 amide bonds. The summed E-state index contributed by atoms with van der Waals surface area (Å²) in [6.07, 6.45) is 4.28. The Hall–Kier alpha value is -0.610. The van der Waals surface area contributed by atoms with Gasteiger partial charge >= 0.3 is 0 Å². The van der Waals surface area contributed by atoms with E-state index in [1.165, 1.54) is 25.9 Å². The van der Waals surface area contributed by atoms with Crippen molar-refractivity contribution in [1.82, 2.24) is 9.80 Å². The summed E-state index contributed by atoms with van der Waals surface area (Å²) in [6.45, 7) is 8.02. The highest BCUT2D eigenvalue weighted by Crippen LogP contribution is 2.12. The van der Waals surface area contributed by atoms with Gasteiger partial charge in [0.1, 0.15) is 0 Å². The van der Waals surface area contributed by atoms with E-state index < -0.39 is 5.54 Å². The van der Waals surface area contributed by atoms with Gasteiger partial charge in [-0.1, -0.05) is 13.3 Å². The van der Waals surface area contributed by atoms with E-state index in [2.05, 4.69) is 11.8 Å². The zero-order chi connectivity index (χ0) is 12.9. The zero-order valence-electron chi connectivity index (χ0n) is 11.5. The Morgan fingerprint density at radius 1 is 1.41 bits per heavy atom. The van der Waals surface area contributed by atoms with Gasteiger partial charge < -0.3 is 15.5 Å². The van der Waals surface area contributed by atoms with Gasteiger partial charge in [0.15, 0.2) is 0 Å². The lowest BCUT2D eigenvalue weighted by molar-refractivity contribution is -0.135. The number of rotatable bonds is 6. The van der Waals surface area contributed by atoms with Crippen LogP contribution in [0.25, 0.3) is 0 Å². The Kier molecular flexibility index (Phi) is 5.40. The molecule has 0 aromatic rings. The van der Waals surface area contributed by atoms with Crippen LogP contribution in [0, 0.1) is 0 Å². The second-order valence-electron chi connectivity index (χ2n) is 5.44. The lowest BCUT2D eigenvalue weighted by Crippen LogP contribution is -2.53. The van der Waals surface area contributed by atoms with Crippen molar-refractivity contribution < 1.29 is 4.79 Å². The van der Waals surface area contributed by atoms with Crippen LogP contribution in [0.3, 0.4) is 0 Å². The van der Waals surface area contributed by atoms with Gasteiger partial charge in [0.05, 0.1) is 5.54 Å². The molecule has 17 heavy (non-hydrogen) atoms. The molecule has 0 spiro atoms. The lowest BCUT2D eigenvalue weighted by atomic mass is 9.96. The smallest absolute Gasteiger partial charge is 0.242 e. The summed E-state index contributed by atoms with van der Waals surface area (Å²) in [5.74, 6) is 0.0681. The van der Waals surface area contributed by atoms with Gasteiger partial charge in [-0.25, -0.2) is 0 Å². The number of carbonyl (C=O) groups excluding carboxylic acids is 1. The van der Waals surface area contributed by atoms with Crippen molar-refractivity contribution in [2.75, 3.05) is 33.2 Å². The highest BCUT2D eigenvalue weighted by molar-refractivity contribution is 5.85. The maximum Gasteiger partial charge on any atom is 0.242 e. The Bertz CT molecular complexity index is 247. The molecule has 100 valence electrons. The molecular formula is C13H27N3O. The quantitative estimate of drug-likeness (QED) is 0.756. The van der Waals surface area contributed by atoms with E-state index >= 15 is 0 Å². The molecule has 1 atom stereocenters. The monoisotopic (exact) mass is 241 g/mol. The maximum absolute atomic E-state index is 12.1. The number of likely N-dealkylation sites (N-methyl/N-ethyl adjacent to an activating group) is 1. The molecule has 1 saturated heterocycles. The van der Waals surface area contributed by atoms with E-state index in [9.17, 15) is 4.79 Å². The van der Waals surface area contributed by atoms with Crippen molar-refractivity contribution in [2.45, 2.75) is 45.1 Å². The molecule has 1 aliphatic heterocycles. The largest absolute Gasteiger partial charge is 0.343 e. The lowest BCUT2D eigenvalue weighted by Gasteiger charge is -2.30. The molecule has 0 aliphatic carbocycles. The molecule has 0 radical (unpaired) electrons. The number of amides is 1. The van der Waals surface area contributed by atoms with Gasteiger partial charge in [0.2, 0.25) is 5.91 Å². The van der Waals surface area contributed by atoms with Crippen LogP contribution in [-0.4, -0.2) is 54.5 Å². The van der Waals surface area contributed by atoms with Gasteiger partial charge in [-0.3, -0.25) is 4.79 Å². The highest BCUT2D eigenvalue weighted by Gasteiger charge is 2.30. The van der Waals surface area contributed by atoms with Crippen LogP contribution in [0.5, 0.6) is 0 Å². The molecule has 1 heterocycles. The SMILES string of the molecule is CCCC(C)(N)C(=O)N(C)CCN1CCCC1. The van der Waals surface area contributed by atoms with Crippen molar-refractivity contribution in [2.24, 2.45) is 5.73 Å². The fourth-order valence-electron chi connectivity index (χ4n) is 2.46. The molecule has 0 aromatic carbocycles. The second-order valence-corrected chi connectivity index (χ2v) is 5.44. The van der Waals surface area contributed by atoms with Crippen molar-refractivity contribution in [3.05, 3.63) is 0 Å². The molecule has 1 unspecified atom stereocenters. The third-order valence-electron chi connectivity index (χ3n) is 3.55. The molecule has 1 aliphatic rings. The minimum atomic E-state index is -0.700. The van der Waals surface area contributed by atoms with Crippen LogP contribution >= 0.6 is 0 Å². The van der Waals surface area contributed by atoms with Gasteiger partial charge in [0, 0.05) is 20.1 Å². The van der Waals surface area contributed by atoms with Crippen LogP contribution in [0.2, 0.25) is 0 Å². The Labute approximate surface area is 105 Å². The Balaban J connectivity index is 2.35. The van der Waals surface area contributed by atoms with Crippen LogP contribution in [0.15, 0.2) is 0 Å². The molecule has 4 heteroatoms. The molecule has 1 fully saturated rings. The number of likely N-dealkylation sites (tertiary alicyclic amines) is 1. The van der Waals surface area contributed by atoms with Gasteiger partial charge in [-0.2, -0.15) is 0 Å². The molecule has 4 nitrogen and oxygen atoms in total. The van der Waals surface area contributed by atoms with Crippen molar-refractivity contribution in [3.63, 3.8) is 0 Å². The Morgan fingerprint density at radius 2 is 2.00 bits per heavy atom. The minimum absolute atomic E-state index is 0.0681. The van der Waals surface area contributed by atoms with Crippen molar-refractivity contribution >= 4 is 5.91 Å². The first kappa shape index (κ1) is 14.5. The number of nitrogens with zero attached hydrogens (tertiary/aromatic N) is 2. The first-order valence-electron chi connectivity index (χ1n) is 6.74. The number of hydrogen-bond donors (Lipinski definition) is 1. The predicted molar refractivity (Wildman–Crippen MR) is 70.8 cm³/mol. The van der Waals surface area contributed by atoms with Gasteiger partial charge in [-0.15, -0.1) is 0 Å². The zero-order valence-corrected chi connectivity index (χ0v) is 11.5. The summed E-state index contributed by atoms with van der Waals surface area (Å²) in [5.41, 5.74) is 5.35. The summed E-state index contributed by atoms with van der Waals surface area (Å²) in [6, 6.07) is 0. The van der Waals surface area contributed by atoms with E-state index in [-0.39, 0.29) is 5.91 Å². The number of carbonyl (C=O) groups is 1. The highest BCUT2D eigenvalue weighted by atomic mass is 16.2. The van der Waals surface area contributed by atoms with Crippen molar-refractivity contribution in [3.8, 4) is 0 Å². The van der Waals surface area contributed by atoms with Crippen LogP contribution in [0.4, 0.5) is 0 Å². The van der Waals surface area contributed by atoms with E-state index in [1.807, 2.05) is 14.0 Å². The second kappa shape index (κ2) is 6.36. The summed E-state index contributed by atoms with van der Waals surface area (Å²) in [4.78, 5) is 16.3. The topological polar surface area (TPSA) is 49.6 Å². The van der Waals surface area contributed by atoms with Crippen LogP contribution in [-0.2, 0) is 4.79 Å². The average Bonchev–Trinajstić information content (AvgIpc) is 2.77. The fraction of sp³-hybridized carbons (Fsp3) is 0.923. The van der Waals surface area contributed by atoms with E-state index in [4.69, 9.17) is 5.73 Å². The Morgan fingerprint density at radius 3 is 2.53 bits per heavy atom. The predicted octanol–water partition coefficient (Wildman–Crippen LogP) is 1.06. The third-order valence-corrected chi connectivity index (χ3v) is 3.55. The molecular weight excluding hydrogens is 214 g/mol. The fourth-order valence-corrected chi connectivity index (χ4v) is 2.46. The summed E-state index contributed by atoms with van der Waals surface area (Å²) >= 11 is 0. The standard InChI is InChI=1S/C13H27N3O/c1-4-7-13(2,14)12(17)15(3)10-11-16-8-5-6-9-16/h4-11,14H2,1-3H3. The molecule has 1 rings (SSSR count). The molecule has 2 N–H and O–H groups in total. The minimum Gasteiger partial charge on any atom is -0.343 e. The molecule has 0 aromatic heterocycles. The molecule has 0 bridgehead atoms. The summed E-state index contributed by atoms with van der Waals surface area (Å²) in [7, 11) is 1.86. The normalized spacial score (nSPS) is 20.2. The number of hydrogen-bond acceptors (Lipinski definition) is 3. The van der Waals surface area contributed by atoms with E-state index in [0.29, 0.717) is 0 Å². The van der Waals surface area contributed by atoms with Crippen LogP contribution < -0.4 is 5.73 Å². The molecule has 0 saturated carbocycles. The third kappa shape index (κ3) is 4.28. The van der Waals surface area contributed by atoms with Gasteiger partial charge in [-0.05, 0) is 39.3 Å². The maximum atomic E-state index is 12.1. The van der Waals surface area contributed by atoms with E-state index in [1.54, 1.807) is 4.90 Å². The van der Waals surface area contributed by atoms with Crippen LogP contribution in [0.1, 0.15) is 39.5 Å². The number of nitrogens with two attached hydrogens (primary N) is 1.